The molecular formula is C20H22N2O4. The van der Waals surface area contributed by atoms with Gasteiger partial charge in [0.15, 0.2) is 0 Å². The lowest BCUT2D eigenvalue weighted by molar-refractivity contribution is -0.120. The molecule has 2 aromatic rings. The smallest absolute Gasteiger partial charge is 0.250 e. The minimum Gasteiger partial charge on any atom is -0.494 e. The third-order valence-corrected chi connectivity index (χ3v) is 3.35. The number of benzene rings is 2. The number of carbonyl (C=O) groups is 2. The molecule has 0 saturated carbocycles. The Labute approximate surface area is 152 Å². The lowest BCUT2D eigenvalue weighted by Crippen LogP contribution is -2.18. The number of carbonyl (C=O) groups excluding carboxylic acids is 2. The van der Waals surface area contributed by atoms with Crippen molar-refractivity contribution >= 4 is 29.3 Å². The number of ether oxygens (including phenoxy) is 2. The number of methoxy groups -OCH3 is 1. The van der Waals surface area contributed by atoms with E-state index in [1.807, 2.05) is 42.5 Å². The maximum absolute atomic E-state index is 11.9. The Morgan fingerprint density at radius 1 is 1.08 bits per heavy atom. The molecule has 0 bridgehead atoms. The third kappa shape index (κ3) is 6.41. The fraction of sp³-hybridized carbons (Fsp3) is 0.200. The maximum atomic E-state index is 11.9. The van der Waals surface area contributed by atoms with E-state index in [4.69, 9.17) is 9.47 Å². The summed E-state index contributed by atoms with van der Waals surface area (Å²) < 4.78 is 10.6. The van der Waals surface area contributed by atoms with Crippen molar-refractivity contribution in [3.63, 3.8) is 0 Å². The van der Waals surface area contributed by atoms with Gasteiger partial charge in [0.2, 0.25) is 11.8 Å². The van der Waals surface area contributed by atoms with Gasteiger partial charge in [0.25, 0.3) is 0 Å². The third-order valence-electron chi connectivity index (χ3n) is 3.35. The first-order valence-electron chi connectivity index (χ1n) is 8.13. The summed E-state index contributed by atoms with van der Waals surface area (Å²) in [6.07, 6.45) is 3.79. The molecule has 2 aromatic carbocycles. The summed E-state index contributed by atoms with van der Waals surface area (Å²) in [5.41, 5.74) is 2.18. The predicted octanol–water partition coefficient (Wildman–Crippen LogP) is 3.32. The van der Waals surface area contributed by atoms with E-state index in [9.17, 15) is 9.59 Å². The fourth-order valence-electron chi connectivity index (χ4n) is 2.23. The second-order valence-corrected chi connectivity index (χ2v) is 5.47. The van der Waals surface area contributed by atoms with E-state index in [1.165, 1.54) is 14.0 Å². The van der Waals surface area contributed by atoms with Gasteiger partial charge in [-0.3, -0.25) is 9.59 Å². The molecule has 0 unspecified atom stereocenters. The Morgan fingerprint density at radius 2 is 1.85 bits per heavy atom. The molecule has 0 aliphatic carbocycles. The SMILES string of the molecule is COc1cc(NC(=O)COC/C=C/c2ccccc2)ccc1NC(C)=O. The van der Waals surface area contributed by atoms with Gasteiger partial charge in [0.1, 0.15) is 12.4 Å². The first kappa shape index (κ1) is 19.2. The van der Waals surface area contributed by atoms with Gasteiger partial charge in [0.05, 0.1) is 19.4 Å². The summed E-state index contributed by atoms with van der Waals surface area (Å²) >= 11 is 0. The highest BCUT2D eigenvalue weighted by Crippen LogP contribution is 2.27. The van der Waals surface area contributed by atoms with Crippen molar-refractivity contribution in [1.29, 1.82) is 0 Å². The lowest BCUT2D eigenvalue weighted by atomic mass is 10.2. The van der Waals surface area contributed by atoms with Crippen LogP contribution in [0.4, 0.5) is 11.4 Å². The summed E-state index contributed by atoms with van der Waals surface area (Å²) in [6, 6.07) is 14.8. The van der Waals surface area contributed by atoms with Gasteiger partial charge in [0, 0.05) is 18.7 Å². The average molecular weight is 354 g/mol. The van der Waals surface area contributed by atoms with E-state index in [0.717, 1.165) is 5.56 Å². The van der Waals surface area contributed by atoms with Crippen molar-refractivity contribution in [2.45, 2.75) is 6.92 Å². The highest BCUT2D eigenvalue weighted by molar-refractivity contribution is 5.94. The fourth-order valence-corrected chi connectivity index (χ4v) is 2.23. The normalized spacial score (nSPS) is 10.5. The molecule has 2 amide bonds. The van der Waals surface area contributed by atoms with Crippen LogP contribution in [-0.4, -0.2) is 32.1 Å². The van der Waals surface area contributed by atoms with Crippen LogP contribution in [0.2, 0.25) is 0 Å². The predicted molar refractivity (Wildman–Crippen MR) is 102 cm³/mol. The van der Waals surface area contributed by atoms with E-state index in [0.29, 0.717) is 23.7 Å². The van der Waals surface area contributed by atoms with Gasteiger partial charge in [-0.1, -0.05) is 42.5 Å². The Hall–Kier alpha value is -3.12. The van der Waals surface area contributed by atoms with Crippen LogP contribution >= 0.6 is 0 Å². The molecule has 0 aliphatic rings. The number of hydrogen-bond acceptors (Lipinski definition) is 4. The Kier molecular flexibility index (Phi) is 7.39. The van der Waals surface area contributed by atoms with E-state index in [1.54, 1.807) is 18.2 Å². The summed E-state index contributed by atoms with van der Waals surface area (Å²) in [5.74, 6) is -0.00537. The highest BCUT2D eigenvalue weighted by atomic mass is 16.5. The zero-order chi connectivity index (χ0) is 18.8. The zero-order valence-corrected chi connectivity index (χ0v) is 14.8. The van der Waals surface area contributed by atoms with Crippen LogP contribution < -0.4 is 15.4 Å². The highest BCUT2D eigenvalue weighted by Gasteiger charge is 2.08. The van der Waals surface area contributed by atoms with Gasteiger partial charge in [-0.25, -0.2) is 0 Å². The van der Waals surface area contributed by atoms with Crippen LogP contribution in [0.1, 0.15) is 12.5 Å². The van der Waals surface area contributed by atoms with E-state index in [-0.39, 0.29) is 18.4 Å². The second-order valence-electron chi connectivity index (χ2n) is 5.47. The largest absolute Gasteiger partial charge is 0.494 e. The lowest BCUT2D eigenvalue weighted by Gasteiger charge is -2.11. The van der Waals surface area contributed by atoms with Crippen LogP contribution in [-0.2, 0) is 14.3 Å². The number of amides is 2. The van der Waals surface area contributed by atoms with Crippen LogP contribution in [0.5, 0.6) is 5.75 Å². The van der Waals surface area contributed by atoms with Crippen molar-refractivity contribution in [3.8, 4) is 5.75 Å². The molecule has 2 rings (SSSR count). The van der Waals surface area contributed by atoms with Gasteiger partial charge >= 0.3 is 0 Å². The first-order valence-corrected chi connectivity index (χ1v) is 8.13. The maximum Gasteiger partial charge on any atom is 0.250 e. The van der Waals surface area contributed by atoms with Crippen LogP contribution in [0, 0.1) is 0 Å². The standard InChI is InChI=1S/C20H22N2O4/c1-15(23)21-18-11-10-17(13-19(18)25-2)22-20(24)14-26-12-6-9-16-7-4-3-5-8-16/h3-11,13H,12,14H2,1-2H3,(H,21,23)(H,22,24)/b9-6+. The Morgan fingerprint density at radius 3 is 2.54 bits per heavy atom. The molecule has 6 nitrogen and oxygen atoms in total. The van der Waals surface area contributed by atoms with Crippen molar-refractivity contribution in [2.24, 2.45) is 0 Å². The quantitative estimate of drug-likeness (QED) is 0.713. The van der Waals surface area contributed by atoms with Crippen molar-refractivity contribution in [2.75, 3.05) is 31.0 Å². The van der Waals surface area contributed by atoms with Gasteiger partial charge in [-0.2, -0.15) is 0 Å². The molecule has 0 aromatic heterocycles. The summed E-state index contributed by atoms with van der Waals surface area (Å²) in [6.45, 7) is 1.70. The number of rotatable bonds is 8. The number of anilines is 2. The Balaban J connectivity index is 1.80. The Bertz CT molecular complexity index is 773. The molecule has 136 valence electrons. The summed E-state index contributed by atoms with van der Waals surface area (Å²) in [5, 5.41) is 5.38. The molecule has 26 heavy (non-hydrogen) atoms. The van der Waals surface area contributed by atoms with E-state index in [2.05, 4.69) is 10.6 Å². The molecule has 0 atom stereocenters. The van der Waals surface area contributed by atoms with Crippen molar-refractivity contribution in [1.82, 2.24) is 0 Å². The average Bonchev–Trinajstić information content (AvgIpc) is 2.63. The van der Waals surface area contributed by atoms with Crippen LogP contribution in [0.25, 0.3) is 6.08 Å². The molecular weight excluding hydrogens is 332 g/mol. The van der Waals surface area contributed by atoms with Gasteiger partial charge in [-0.15, -0.1) is 0 Å². The van der Waals surface area contributed by atoms with E-state index >= 15 is 0 Å². The molecule has 0 heterocycles. The van der Waals surface area contributed by atoms with Crippen molar-refractivity contribution in [3.05, 3.63) is 60.2 Å². The molecule has 0 aliphatic heterocycles. The molecule has 0 saturated heterocycles. The van der Waals surface area contributed by atoms with Gasteiger partial charge < -0.3 is 20.1 Å². The first-order chi connectivity index (χ1) is 12.6. The molecule has 0 radical (unpaired) electrons. The summed E-state index contributed by atoms with van der Waals surface area (Å²) in [7, 11) is 1.49. The number of hydrogen-bond donors (Lipinski definition) is 2. The van der Waals surface area contributed by atoms with Crippen LogP contribution in [0.3, 0.4) is 0 Å². The van der Waals surface area contributed by atoms with Gasteiger partial charge in [-0.05, 0) is 17.7 Å². The molecule has 0 fully saturated rings. The summed E-state index contributed by atoms with van der Waals surface area (Å²) in [4.78, 5) is 23.1. The minimum atomic E-state index is -0.271. The monoisotopic (exact) mass is 354 g/mol. The molecule has 0 spiro atoms. The topological polar surface area (TPSA) is 76.7 Å². The van der Waals surface area contributed by atoms with E-state index < -0.39 is 0 Å². The van der Waals surface area contributed by atoms with Crippen LogP contribution in [0.15, 0.2) is 54.6 Å². The number of nitrogens with one attached hydrogen (secondary N) is 2. The zero-order valence-electron chi connectivity index (χ0n) is 14.8. The molecule has 6 heteroatoms. The molecule has 2 N–H and O–H groups in total. The van der Waals surface area contributed by atoms with Crippen molar-refractivity contribution < 1.29 is 19.1 Å². The minimum absolute atomic E-state index is 0.0606. The second kappa shape index (κ2) is 10.0.